The van der Waals surface area contributed by atoms with Crippen molar-refractivity contribution in [1.29, 1.82) is 0 Å². The SMILES string of the molecule is P=NP=NP. The quantitative estimate of drug-likeness (QED) is 0.478. The molecule has 0 fully saturated rings. The Morgan fingerprint density at radius 2 is 2.40 bits per heavy atom. The lowest BCUT2D eigenvalue weighted by molar-refractivity contribution is 1.98. The summed E-state index contributed by atoms with van der Waals surface area (Å²) in [5.74, 6) is 0. The minimum Gasteiger partial charge on any atom is -0.229 e. The number of hydrogen-bond acceptors (Lipinski definition) is 1. The summed E-state index contributed by atoms with van der Waals surface area (Å²) >= 11 is 0. The molecule has 0 rings (SSSR count). The lowest BCUT2D eigenvalue weighted by atomic mass is 13.9. The van der Waals surface area contributed by atoms with Crippen LogP contribution in [0.5, 0.6) is 0 Å². The monoisotopic (exact) mass is 124 g/mol. The van der Waals surface area contributed by atoms with Crippen molar-refractivity contribution in [3.05, 3.63) is 0 Å². The molecule has 1 unspecified atom stereocenters. The van der Waals surface area contributed by atoms with Crippen LogP contribution in [0.3, 0.4) is 0 Å². The fourth-order valence-electron chi connectivity index (χ4n) is 0.0258. The second kappa shape index (κ2) is 4.63. The van der Waals surface area contributed by atoms with E-state index in [1.165, 1.54) is 0 Å². The summed E-state index contributed by atoms with van der Waals surface area (Å²) in [6.07, 6.45) is 0. The molecule has 0 spiro atoms. The highest BCUT2D eigenvalue weighted by molar-refractivity contribution is 7.37. The van der Waals surface area contributed by atoms with Crippen LogP contribution in [0.15, 0.2) is 9.03 Å². The van der Waals surface area contributed by atoms with Gasteiger partial charge in [-0.25, -0.2) is 4.52 Å². The van der Waals surface area contributed by atoms with Gasteiger partial charge in [-0.1, -0.05) is 0 Å². The first-order valence-electron chi connectivity index (χ1n) is 0.882. The molecule has 0 aromatic carbocycles. The van der Waals surface area contributed by atoms with Crippen molar-refractivity contribution >= 4 is 26.9 Å². The van der Waals surface area contributed by atoms with Gasteiger partial charge in [0.2, 0.25) is 0 Å². The molecule has 0 bridgehead atoms. The summed E-state index contributed by atoms with van der Waals surface area (Å²) in [7, 11) is 5.75. The molecule has 1 atom stereocenters. The van der Waals surface area contributed by atoms with E-state index in [2.05, 4.69) is 27.5 Å². The van der Waals surface area contributed by atoms with Crippen LogP contribution in [-0.2, 0) is 0 Å². The third-order valence-corrected chi connectivity index (χ3v) is 0.867. The van der Waals surface area contributed by atoms with E-state index in [4.69, 9.17) is 0 Å². The fraction of sp³-hybridized carbons (Fsp3) is 0. The number of hydrogen-bond donors (Lipinski definition) is 0. The minimum atomic E-state index is 0.707. The van der Waals surface area contributed by atoms with Crippen LogP contribution in [0.4, 0.5) is 0 Å². The molecule has 0 saturated heterocycles. The van der Waals surface area contributed by atoms with E-state index in [1.807, 2.05) is 0 Å². The average molecular weight is 124 g/mol. The van der Waals surface area contributed by atoms with Crippen molar-refractivity contribution in [2.75, 3.05) is 0 Å². The Labute approximate surface area is 36.9 Å². The molecule has 0 heterocycles. The Hall–Kier alpha value is 0.630. The van der Waals surface area contributed by atoms with Gasteiger partial charge in [-0.05, 0) is 18.4 Å². The first-order valence-corrected chi connectivity index (χ1v) is 2.65. The summed E-state index contributed by atoms with van der Waals surface area (Å²) in [4.78, 5) is 0. The Bertz CT molecular complexity index is 46.9. The first-order chi connectivity index (χ1) is 2.41. The van der Waals surface area contributed by atoms with Crippen LogP contribution in [-0.4, -0.2) is 0 Å². The third-order valence-electron chi connectivity index (χ3n) is 0.0964. The minimum absolute atomic E-state index is 0.707. The Balaban J connectivity index is 2.92. The van der Waals surface area contributed by atoms with Gasteiger partial charge in [0.05, 0.1) is 0 Å². The van der Waals surface area contributed by atoms with Crippen LogP contribution in [0.1, 0.15) is 0 Å². The standard InChI is InChI=1S/H3N2P3/c3-1-5-2-4/h3H,4H2. The van der Waals surface area contributed by atoms with Crippen molar-refractivity contribution in [2.45, 2.75) is 0 Å². The molecular formula is H3N2P3. The zero-order valence-corrected chi connectivity index (χ0v) is 5.47. The summed E-state index contributed by atoms with van der Waals surface area (Å²) in [6, 6.07) is 0. The molecule has 0 saturated carbocycles. The van der Waals surface area contributed by atoms with Crippen LogP contribution in [0.2, 0.25) is 0 Å². The summed E-state index contributed by atoms with van der Waals surface area (Å²) in [5.41, 5.74) is 0. The Kier molecular flexibility index (Phi) is 5.21. The molecule has 0 aliphatic rings. The topological polar surface area (TPSA) is 24.7 Å². The predicted octanol–water partition coefficient (Wildman–Crippen LogP) is 2.15. The molecule has 0 aromatic rings. The molecule has 0 aromatic heterocycles. The van der Waals surface area contributed by atoms with E-state index in [-0.39, 0.29) is 0 Å². The van der Waals surface area contributed by atoms with Gasteiger partial charge in [0, 0.05) is 0 Å². The maximum atomic E-state index is 3.53. The van der Waals surface area contributed by atoms with Gasteiger partial charge in [-0.15, -0.1) is 0 Å². The van der Waals surface area contributed by atoms with Crippen LogP contribution < -0.4 is 0 Å². The van der Waals surface area contributed by atoms with Gasteiger partial charge in [-0.2, -0.15) is 4.52 Å². The second-order valence-corrected chi connectivity index (χ2v) is 2.21. The summed E-state index contributed by atoms with van der Waals surface area (Å²) in [6.45, 7) is 0. The maximum absolute atomic E-state index is 3.53. The largest absolute Gasteiger partial charge is 0.229 e. The van der Waals surface area contributed by atoms with Gasteiger partial charge in [0.15, 0.2) is 8.52 Å². The van der Waals surface area contributed by atoms with E-state index in [0.29, 0.717) is 8.52 Å². The lowest BCUT2D eigenvalue weighted by Gasteiger charge is -1.55. The Morgan fingerprint density at radius 3 is 2.40 bits per heavy atom. The molecule has 28 valence electrons. The third kappa shape index (κ3) is 4.63. The molecule has 5 heavy (non-hydrogen) atoms. The number of nitrogens with zero attached hydrogens (tertiary/aromatic N) is 2. The van der Waals surface area contributed by atoms with Crippen molar-refractivity contribution in [2.24, 2.45) is 9.03 Å². The van der Waals surface area contributed by atoms with Gasteiger partial charge in [-0.3, -0.25) is 0 Å². The van der Waals surface area contributed by atoms with E-state index in [0.717, 1.165) is 0 Å². The molecule has 0 amide bonds. The maximum Gasteiger partial charge on any atom is 0.156 e. The van der Waals surface area contributed by atoms with E-state index in [1.54, 1.807) is 0 Å². The highest BCUT2D eigenvalue weighted by atomic mass is 31.1. The van der Waals surface area contributed by atoms with Crippen molar-refractivity contribution in [1.82, 2.24) is 0 Å². The van der Waals surface area contributed by atoms with Gasteiger partial charge in [0.25, 0.3) is 0 Å². The van der Waals surface area contributed by atoms with E-state index in [9.17, 15) is 0 Å². The zero-order valence-electron chi connectivity index (χ0n) is 2.42. The Morgan fingerprint density at radius 1 is 1.80 bits per heavy atom. The van der Waals surface area contributed by atoms with E-state index >= 15 is 0 Å². The van der Waals surface area contributed by atoms with Crippen molar-refractivity contribution in [3.8, 4) is 0 Å². The smallest absolute Gasteiger partial charge is 0.156 e. The van der Waals surface area contributed by atoms with Gasteiger partial charge >= 0.3 is 0 Å². The highest BCUT2D eigenvalue weighted by Crippen LogP contribution is 2.05. The predicted molar refractivity (Wildman–Crippen MR) is 29.8 cm³/mol. The molecular weight excluding hydrogens is 121 g/mol. The zero-order chi connectivity index (χ0) is 4.12. The van der Waals surface area contributed by atoms with Crippen LogP contribution in [0.25, 0.3) is 0 Å². The van der Waals surface area contributed by atoms with Crippen LogP contribution in [0, 0.1) is 0 Å². The van der Waals surface area contributed by atoms with Crippen molar-refractivity contribution in [3.63, 3.8) is 0 Å². The number of rotatable bonds is 1. The molecule has 0 aliphatic heterocycles. The molecule has 0 aliphatic carbocycles. The molecule has 5 heteroatoms. The molecule has 0 radical (unpaired) electrons. The normalized spacial score (nSPS) is 9.00. The first kappa shape index (κ1) is 5.63. The fourth-order valence-corrected chi connectivity index (χ4v) is 0.697. The van der Waals surface area contributed by atoms with Gasteiger partial charge in [0.1, 0.15) is 0 Å². The molecule has 2 nitrogen and oxygen atoms in total. The molecule has 0 N–H and O–H groups in total. The average Bonchev–Trinajstić information content (AvgIpc) is 1.41. The van der Waals surface area contributed by atoms with Gasteiger partial charge < -0.3 is 0 Å². The highest BCUT2D eigenvalue weighted by Gasteiger charge is 1.44. The summed E-state index contributed by atoms with van der Waals surface area (Å²) in [5, 5.41) is 0. The second-order valence-electron chi connectivity index (χ2n) is 0.305. The van der Waals surface area contributed by atoms with Crippen molar-refractivity contribution < 1.29 is 0 Å². The lowest BCUT2D eigenvalue weighted by Crippen LogP contribution is -1.00. The van der Waals surface area contributed by atoms with E-state index < -0.39 is 0 Å². The van der Waals surface area contributed by atoms with Crippen LogP contribution >= 0.6 is 26.9 Å². The summed E-state index contributed by atoms with van der Waals surface area (Å²) < 4.78 is 6.97.